The molecule has 3 aromatic rings. The van der Waals surface area contributed by atoms with Gasteiger partial charge < -0.3 is 9.64 Å². The Morgan fingerprint density at radius 1 is 1.26 bits per heavy atom. The van der Waals surface area contributed by atoms with Crippen LogP contribution in [-0.2, 0) is 0 Å². The normalized spacial score (nSPS) is 16.4. The van der Waals surface area contributed by atoms with Crippen LogP contribution in [0.5, 0.6) is 5.75 Å². The minimum Gasteiger partial charge on any atom is -0.494 e. The number of anilines is 1. The zero-order valence-corrected chi connectivity index (χ0v) is 15.3. The highest BCUT2D eigenvalue weighted by Crippen LogP contribution is 2.33. The van der Waals surface area contributed by atoms with Crippen LogP contribution in [0.25, 0.3) is 11.1 Å². The third kappa shape index (κ3) is 2.85. The summed E-state index contributed by atoms with van der Waals surface area (Å²) in [6.45, 7) is 4.29. The molecular formula is C20H19FN4O2. The highest BCUT2D eigenvalue weighted by molar-refractivity contribution is 6.09. The largest absolute Gasteiger partial charge is 0.494 e. The predicted octanol–water partition coefficient (Wildman–Crippen LogP) is 3.62. The van der Waals surface area contributed by atoms with Gasteiger partial charge in [0.15, 0.2) is 11.6 Å². The van der Waals surface area contributed by atoms with E-state index < -0.39 is 5.82 Å². The molecule has 1 aromatic carbocycles. The Kier molecular flexibility index (Phi) is 4.14. The second-order valence-corrected chi connectivity index (χ2v) is 6.62. The maximum atomic E-state index is 14.2. The van der Waals surface area contributed by atoms with Gasteiger partial charge in [0.05, 0.1) is 19.3 Å². The second kappa shape index (κ2) is 6.50. The Bertz CT molecular complexity index is 1030. The molecule has 1 aliphatic rings. The Morgan fingerprint density at radius 3 is 2.78 bits per heavy atom. The number of methoxy groups -OCH3 is 1. The minimum atomic E-state index is -0.500. The van der Waals surface area contributed by atoms with Crippen molar-refractivity contribution in [2.24, 2.45) is 0 Å². The standard InChI is InChI=1S/C20H19FN4O2/c1-12-8-14(6-7-22-12)16-10-23-25-13(2)11-24(20(26)19(16)25)15-4-5-18(27-3)17(21)9-15/h4-10,13H,11H2,1-3H3/t13-/m0/s1. The van der Waals surface area contributed by atoms with Crippen molar-refractivity contribution in [3.05, 3.63) is 59.9 Å². The first-order valence-electron chi connectivity index (χ1n) is 8.65. The number of amides is 1. The van der Waals surface area contributed by atoms with Crippen LogP contribution in [0.15, 0.2) is 42.7 Å². The summed E-state index contributed by atoms with van der Waals surface area (Å²) in [5.41, 5.74) is 3.48. The number of nitrogens with zero attached hydrogens (tertiary/aromatic N) is 4. The molecule has 0 aliphatic carbocycles. The van der Waals surface area contributed by atoms with E-state index in [1.807, 2.05) is 26.0 Å². The Morgan fingerprint density at radius 2 is 2.07 bits per heavy atom. The van der Waals surface area contributed by atoms with Crippen molar-refractivity contribution in [3.63, 3.8) is 0 Å². The van der Waals surface area contributed by atoms with E-state index in [-0.39, 0.29) is 17.7 Å². The van der Waals surface area contributed by atoms with E-state index in [2.05, 4.69) is 10.1 Å². The fraction of sp³-hybridized carbons (Fsp3) is 0.250. The van der Waals surface area contributed by atoms with Crippen LogP contribution in [0, 0.1) is 12.7 Å². The first-order valence-corrected chi connectivity index (χ1v) is 8.65. The van der Waals surface area contributed by atoms with Crippen LogP contribution < -0.4 is 9.64 Å². The van der Waals surface area contributed by atoms with Crippen molar-refractivity contribution in [3.8, 4) is 16.9 Å². The summed E-state index contributed by atoms with van der Waals surface area (Å²) in [5.74, 6) is -0.562. The second-order valence-electron chi connectivity index (χ2n) is 6.62. The molecule has 0 bridgehead atoms. The van der Waals surface area contributed by atoms with Gasteiger partial charge in [-0.15, -0.1) is 0 Å². The molecule has 138 valence electrons. The summed E-state index contributed by atoms with van der Waals surface area (Å²) < 4.78 is 20.9. The molecule has 1 amide bonds. The number of carbonyl (C=O) groups is 1. The van der Waals surface area contributed by atoms with Gasteiger partial charge in [-0.1, -0.05) is 0 Å². The Hall–Kier alpha value is -3.22. The Labute approximate surface area is 156 Å². The van der Waals surface area contributed by atoms with Crippen molar-refractivity contribution in [2.45, 2.75) is 19.9 Å². The number of hydrogen-bond acceptors (Lipinski definition) is 4. The van der Waals surface area contributed by atoms with Gasteiger partial charge in [-0.2, -0.15) is 5.10 Å². The number of aromatic nitrogens is 3. The SMILES string of the molecule is COc1ccc(N2C[C@H](C)n3ncc(-c4ccnc(C)c4)c3C2=O)cc1F. The average Bonchev–Trinajstić information content (AvgIpc) is 3.11. The number of fused-ring (bicyclic) bond motifs is 1. The maximum absolute atomic E-state index is 14.2. The minimum absolute atomic E-state index is 0.0421. The van der Waals surface area contributed by atoms with Crippen LogP contribution >= 0.6 is 0 Å². The van der Waals surface area contributed by atoms with Crippen LogP contribution in [0.1, 0.15) is 29.1 Å². The van der Waals surface area contributed by atoms with Crippen molar-refractivity contribution < 1.29 is 13.9 Å². The van der Waals surface area contributed by atoms with Gasteiger partial charge in [-0.05, 0) is 43.7 Å². The Balaban J connectivity index is 1.79. The van der Waals surface area contributed by atoms with Crippen molar-refractivity contribution in [1.82, 2.24) is 14.8 Å². The lowest BCUT2D eigenvalue weighted by molar-refractivity contribution is 0.0954. The highest BCUT2D eigenvalue weighted by atomic mass is 19.1. The van der Waals surface area contributed by atoms with Crippen LogP contribution in [0.3, 0.4) is 0 Å². The van der Waals surface area contributed by atoms with Crippen molar-refractivity contribution in [2.75, 3.05) is 18.6 Å². The predicted molar refractivity (Wildman–Crippen MR) is 99.5 cm³/mol. The van der Waals surface area contributed by atoms with Gasteiger partial charge in [0, 0.05) is 35.8 Å². The molecule has 0 radical (unpaired) electrons. The molecule has 0 saturated heterocycles. The molecule has 0 N–H and O–H groups in total. The molecule has 1 aliphatic heterocycles. The van der Waals surface area contributed by atoms with Crippen LogP contribution in [0.4, 0.5) is 10.1 Å². The number of hydrogen-bond donors (Lipinski definition) is 0. The number of aryl methyl sites for hydroxylation is 1. The summed E-state index contributed by atoms with van der Waals surface area (Å²) in [6.07, 6.45) is 3.42. The number of halogens is 1. The lowest BCUT2D eigenvalue weighted by atomic mass is 10.0. The molecule has 1 atom stereocenters. The van der Waals surface area contributed by atoms with E-state index in [9.17, 15) is 9.18 Å². The summed E-state index contributed by atoms with van der Waals surface area (Å²) >= 11 is 0. The van der Waals surface area contributed by atoms with Gasteiger partial charge in [0.1, 0.15) is 5.69 Å². The average molecular weight is 366 g/mol. The third-order valence-corrected chi connectivity index (χ3v) is 4.76. The number of carbonyl (C=O) groups excluding carboxylic acids is 1. The van der Waals surface area contributed by atoms with Crippen LogP contribution in [-0.4, -0.2) is 34.3 Å². The smallest absolute Gasteiger partial charge is 0.277 e. The molecule has 6 nitrogen and oxygen atoms in total. The van der Waals surface area contributed by atoms with Gasteiger partial charge in [0.2, 0.25) is 0 Å². The van der Waals surface area contributed by atoms with Gasteiger partial charge in [-0.25, -0.2) is 4.39 Å². The first kappa shape index (κ1) is 17.2. The summed E-state index contributed by atoms with van der Waals surface area (Å²) in [6, 6.07) is 8.28. The molecular weight excluding hydrogens is 347 g/mol. The van der Waals surface area contributed by atoms with E-state index in [0.717, 1.165) is 16.8 Å². The third-order valence-electron chi connectivity index (χ3n) is 4.76. The van der Waals surface area contributed by atoms with E-state index in [4.69, 9.17) is 4.74 Å². The number of ether oxygens (including phenoxy) is 1. The molecule has 27 heavy (non-hydrogen) atoms. The zero-order valence-electron chi connectivity index (χ0n) is 15.3. The number of pyridine rings is 1. The van der Waals surface area contributed by atoms with Crippen molar-refractivity contribution >= 4 is 11.6 Å². The summed E-state index contributed by atoms with van der Waals surface area (Å²) in [4.78, 5) is 19.1. The van der Waals surface area contributed by atoms with E-state index in [1.54, 1.807) is 28.0 Å². The summed E-state index contributed by atoms with van der Waals surface area (Å²) in [7, 11) is 1.41. The lowest BCUT2D eigenvalue weighted by Crippen LogP contribution is -2.42. The van der Waals surface area contributed by atoms with E-state index in [0.29, 0.717) is 17.9 Å². The molecule has 0 spiro atoms. The van der Waals surface area contributed by atoms with Crippen molar-refractivity contribution in [1.29, 1.82) is 0 Å². The molecule has 7 heteroatoms. The van der Waals surface area contributed by atoms with Gasteiger partial charge >= 0.3 is 0 Å². The molecule has 2 aromatic heterocycles. The van der Waals surface area contributed by atoms with Gasteiger partial charge in [-0.3, -0.25) is 14.5 Å². The molecule has 0 saturated carbocycles. The van der Waals surface area contributed by atoms with Gasteiger partial charge in [0.25, 0.3) is 5.91 Å². The lowest BCUT2D eigenvalue weighted by Gasteiger charge is -2.32. The quantitative estimate of drug-likeness (QED) is 0.710. The first-order chi connectivity index (χ1) is 13.0. The molecule has 3 heterocycles. The van der Waals surface area contributed by atoms with E-state index in [1.165, 1.54) is 19.2 Å². The highest BCUT2D eigenvalue weighted by Gasteiger charge is 2.34. The molecule has 0 fully saturated rings. The summed E-state index contributed by atoms with van der Waals surface area (Å²) in [5, 5.41) is 4.42. The maximum Gasteiger partial charge on any atom is 0.277 e. The number of benzene rings is 1. The number of rotatable bonds is 3. The van der Waals surface area contributed by atoms with E-state index >= 15 is 0 Å². The zero-order chi connectivity index (χ0) is 19.1. The fourth-order valence-electron chi connectivity index (χ4n) is 3.43. The molecule has 0 unspecified atom stereocenters. The molecule has 4 rings (SSSR count). The fourth-order valence-corrected chi connectivity index (χ4v) is 3.43. The monoisotopic (exact) mass is 366 g/mol. The topological polar surface area (TPSA) is 60.2 Å². The van der Waals surface area contributed by atoms with Crippen LogP contribution in [0.2, 0.25) is 0 Å².